The zero-order valence-electron chi connectivity index (χ0n) is 12.6. The quantitative estimate of drug-likeness (QED) is 0.717. The van der Waals surface area contributed by atoms with E-state index in [4.69, 9.17) is 11.6 Å². The third-order valence-corrected chi connectivity index (χ3v) is 7.40. The van der Waals surface area contributed by atoms with Crippen molar-refractivity contribution >= 4 is 37.6 Å². The van der Waals surface area contributed by atoms with Crippen molar-refractivity contribution in [2.45, 2.75) is 50.4 Å². The summed E-state index contributed by atoms with van der Waals surface area (Å²) in [5.74, 6) is 0.698. The molecule has 0 aliphatic carbocycles. The molecule has 1 fully saturated rings. The lowest BCUT2D eigenvalue weighted by molar-refractivity contribution is 0.218. The second-order valence-corrected chi connectivity index (χ2v) is 8.92. The molecule has 0 bridgehead atoms. The average Bonchev–Trinajstić information content (AvgIpc) is 2.43. The first kappa shape index (κ1) is 17.3. The molecule has 0 radical (unpaired) electrons. The fraction of sp³-hybridized carbons (Fsp3) is 0.600. The lowest BCUT2D eigenvalue weighted by Gasteiger charge is -2.36. The van der Waals surface area contributed by atoms with Crippen molar-refractivity contribution in [1.29, 1.82) is 0 Å². The molecule has 118 valence electrons. The second-order valence-electron chi connectivity index (χ2n) is 5.94. The number of hydrogen-bond donors (Lipinski definition) is 0. The summed E-state index contributed by atoms with van der Waals surface area (Å²) in [5.41, 5.74) is 1.56. The van der Waals surface area contributed by atoms with E-state index in [9.17, 15) is 8.42 Å². The van der Waals surface area contributed by atoms with Gasteiger partial charge in [-0.05, 0) is 55.9 Å². The molecular weight excluding hydrogens is 374 g/mol. The summed E-state index contributed by atoms with van der Waals surface area (Å²) in [7, 11) is -3.49. The summed E-state index contributed by atoms with van der Waals surface area (Å²) in [6.07, 6.45) is 1.99. The molecule has 1 aliphatic rings. The van der Waals surface area contributed by atoms with Crippen LogP contribution < -0.4 is 0 Å². The number of hydrogen-bond acceptors (Lipinski definition) is 2. The van der Waals surface area contributed by atoms with Gasteiger partial charge in [-0.3, -0.25) is 0 Å². The van der Waals surface area contributed by atoms with Gasteiger partial charge in [0, 0.05) is 22.9 Å². The summed E-state index contributed by atoms with van der Waals surface area (Å²) in [4.78, 5) is 0.369. The smallest absolute Gasteiger partial charge is 0.207 e. The highest BCUT2D eigenvalue weighted by atomic mass is 79.9. The Hall–Kier alpha value is -0.100. The molecule has 1 aromatic carbocycles. The van der Waals surface area contributed by atoms with Crippen LogP contribution in [0.25, 0.3) is 0 Å². The van der Waals surface area contributed by atoms with E-state index in [1.807, 2.05) is 19.9 Å². The predicted molar refractivity (Wildman–Crippen MR) is 90.2 cm³/mol. The van der Waals surface area contributed by atoms with Gasteiger partial charge in [-0.15, -0.1) is 11.6 Å². The maximum atomic E-state index is 13.0. The zero-order valence-corrected chi connectivity index (χ0v) is 15.7. The standard InChI is InChI=1S/C15H21BrClNO2S/c1-10-4-5-11(2)18(9-10)21(19,20)15-7-13(8-17)6-14(16)12(15)3/h6-7,10-11H,4-5,8-9H2,1-3H3. The number of benzene rings is 1. The molecule has 1 aliphatic heterocycles. The fourth-order valence-electron chi connectivity index (χ4n) is 2.76. The van der Waals surface area contributed by atoms with Gasteiger partial charge in [-0.25, -0.2) is 8.42 Å². The first-order chi connectivity index (χ1) is 9.77. The monoisotopic (exact) mass is 393 g/mol. The van der Waals surface area contributed by atoms with Gasteiger partial charge in [-0.2, -0.15) is 4.31 Å². The van der Waals surface area contributed by atoms with Crippen molar-refractivity contribution < 1.29 is 8.42 Å². The van der Waals surface area contributed by atoms with Crippen LogP contribution in [0.3, 0.4) is 0 Å². The lowest BCUT2D eigenvalue weighted by Crippen LogP contribution is -2.45. The van der Waals surface area contributed by atoms with Crippen LogP contribution in [-0.4, -0.2) is 25.3 Å². The molecule has 2 atom stereocenters. The van der Waals surface area contributed by atoms with Crippen molar-refractivity contribution in [1.82, 2.24) is 4.31 Å². The Kier molecular flexibility index (Phi) is 5.40. The molecule has 0 saturated carbocycles. The minimum atomic E-state index is -3.49. The van der Waals surface area contributed by atoms with Crippen molar-refractivity contribution in [3.8, 4) is 0 Å². The van der Waals surface area contributed by atoms with Gasteiger partial charge in [0.25, 0.3) is 0 Å². The van der Waals surface area contributed by atoms with Gasteiger partial charge >= 0.3 is 0 Å². The first-order valence-electron chi connectivity index (χ1n) is 7.14. The Labute approximate surface area is 140 Å². The highest BCUT2D eigenvalue weighted by Gasteiger charge is 2.34. The van der Waals surface area contributed by atoms with Crippen molar-refractivity contribution in [3.63, 3.8) is 0 Å². The summed E-state index contributed by atoms with van der Waals surface area (Å²) >= 11 is 9.32. The Morgan fingerprint density at radius 1 is 1.33 bits per heavy atom. The van der Waals surface area contributed by atoms with Crippen LogP contribution in [0.5, 0.6) is 0 Å². The van der Waals surface area contributed by atoms with E-state index in [1.165, 1.54) is 0 Å². The summed E-state index contributed by atoms with van der Waals surface area (Å²) in [6.45, 7) is 6.50. The van der Waals surface area contributed by atoms with Gasteiger partial charge in [0.1, 0.15) is 0 Å². The molecule has 0 spiro atoms. The van der Waals surface area contributed by atoms with Gasteiger partial charge < -0.3 is 0 Å². The van der Waals surface area contributed by atoms with E-state index >= 15 is 0 Å². The van der Waals surface area contributed by atoms with Crippen molar-refractivity contribution in [3.05, 3.63) is 27.7 Å². The van der Waals surface area contributed by atoms with Crippen LogP contribution in [0.15, 0.2) is 21.5 Å². The third kappa shape index (κ3) is 3.46. The largest absolute Gasteiger partial charge is 0.243 e. The number of rotatable bonds is 3. The first-order valence-corrected chi connectivity index (χ1v) is 9.91. The molecule has 0 N–H and O–H groups in total. The highest BCUT2D eigenvalue weighted by molar-refractivity contribution is 9.10. The SMILES string of the molecule is Cc1c(Br)cc(CCl)cc1S(=O)(=O)N1CC(C)CCC1C. The van der Waals surface area contributed by atoms with Gasteiger partial charge in [0.2, 0.25) is 10.0 Å². The maximum Gasteiger partial charge on any atom is 0.243 e. The zero-order chi connectivity index (χ0) is 15.8. The maximum absolute atomic E-state index is 13.0. The van der Waals surface area contributed by atoms with E-state index in [0.29, 0.717) is 23.2 Å². The van der Waals surface area contributed by atoms with E-state index in [-0.39, 0.29) is 6.04 Å². The number of halogens is 2. The number of alkyl halides is 1. The predicted octanol–water partition coefficient (Wildman–Crippen LogP) is 4.31. The topological polar surface area (TPSA) is 37.4 Å². The van der Waals surface area contributed by atoms with E-state index in [0.717, 1.165) is 28.4 Å². The van der Waals surface area contributed by atoms with E-state index in [2.05, 4.69) is 22.9 Å². The normalized spacial score (nSPS) is 24.2. The van der Waals surface area contributed by atoms with E-state index in [1.54, 1.807) is 10.4 Å². The number of sulfonamides is 1. The van der Waals surface area contributed by atoms with Crippen molar-refractivity contribution in [2.24, 2.45) is 5.92 Å². The molecular formula is C15H21BrClNO2S. The van der Waals surface area contributed by atoms with Crippen molar-refractivity contribution in [2.75, 3.05) is 6.54 Å². The average molecular weight is 395 g/mol. The highest BCUT2D eigenvalue weighted by Crippen LogP contribution is 2.32. The minimum absolute atomic E-state index is 0.0454. The van der Waals surface area contributed by atoms with Gasteiger partial charge in [-0.1, -0.05) is 22.9 Å². The Morgan fingerprint density at radius 3 is 2.62 bits per heavy atom. The summed E-state index contributed by atoms with van der Waals surface area (Å²) < 4.78 is 28.5. The summed E-state index contributed by atoms with van der Waals surface area (Å²) in [6, 6.07) is 3.63. The van der Waals surface area contributed by atoms with Crippen LogP contribution in [0.2, 0.25) is 0 Å². The lowest BCUT2D eigenvalue weighted by atomic mass is 9.97. The van der Waals surface area contributed by atoms with Crippen LogP contribution in [0, 0.1) is 12.8 Å². The van der Waals surface area contributed by atoms with Crippen LogP contribution in [-0.2, 0) is 15.9 Å². The molecule has 0 amide bonds. The molecule has 6 heteroatoms. The Balaban J connectivity index is 2.51. The molecule has 1 heterocycles. The number of piperidine rings is 1. The Morgan fingerprint density at radius 2 is 2.00 bits per heavy atom. The molecule has 3 nitrogen and oxygen atoms in total. The fourth-order valence-corrected chi connectivity index (χ4v) is 5.63. The molecule has 0 aromatic heterocycles. The van der Waals surface area contributed by atoms with E-state index < -0.39 is 10.0 Å². The Bertz CT molecular complexity index is 633. The molecule has 2 unspecified atom stereocenters. The number of nitrogens with zero attached hydrogens (tertiary/aromatic N) is 1. The second kappa shape index (κ2) is 6.57. The van der Waals surface area contributed by atoms with Crippen LogP contribution in [0.1, 0.15) is 37.8 Å². The van der Waals surface area contributed by atoms with Gasteiger partial charge in [0.05, 0.1) is 4.90 Å². The summed E-state index contributed by atoms with van der Waals surface area (Å²) in [5, 5.41) is 0. The van der Waals surface area contributed by atoms with Crippen LogP contribution >= 0.6 is 27.5 Å². The van der Waals surface area contributed by atoms with Crippen LogP contribution in [0.4, 0.5) is 0 Å². The molecule has 2 rings (SSSR count). The molecule has 1 aromatic rings. The minimum Gasteiger partial charge on any atom is -0.207 e. The third-order valence-electron chi connectivity index (χ3n) is 4.16. The molecule has 1 saturated heterocycles. The molecule has 21 heavy (non-hydrogen) atoms. The van der Waals surface area contributed by atoms with Gasteiger partial charge in [0.15, 0.2) is 0 Å².